The van der Waals surface area contributed by atoms with E-state index >= 15 is 0 Å². The Morgan fingerprint density at radius 1 is 1.44 bits per heavy atom. The van der Waals surface area contributed by atoms with Crippen LogP contribution in [0.2, 0.25) is 0 Å². The number of esters is 1. The third-order valence-electron chi connectivity index (χ3n) is 2.97. The zero-order chi connectivity index (χ0) is 13.0. The van der Waals surface area contributed by atoms with E-state index in [2.05, 4.69) is 11.9 Å². The molecule has 18 heavy (non-hydrogen) atoms. The van der Waals surface area contributed by atoms with E-state index in [0.717, 1.165) is 24.2 Å². The molecule has 0 aliphatic carbocycles. The first-order chi connectivity index (χ1) is 8.77. The van der Waals surface area contributed by atoms with Gasteiger partial charge in [0.15, 0.2) is 0 Å². The second-order valence-corrected chi connectivity index (χ2v) is 4.20. The van der Waals surface area contributed by atoms with Gasteiger partial charge in [-0.2, -0.15) is 0 Å². The Hall–Kier alpha value is -1.84. The monoisotopic (exact) mass is 246 g/mol. The Kier molecular flexibility index (Phi) is 3.97. The summed E-state index contributed by atoms with van der Waals surface area (Å²) >= 11 is 0. The van der Waals surface area contributed by atoms with Gasteiger partial charge in [-0.25, -0.2) is 4.98 Å². The fourth-order valence-corrected chi connectivity index (χ4v) is 2.17. The van der Waals surface area contributed by atoms with Gasteiger partial charge in [-0.15, -0.1) is 0 Å². The summed E-state index contributed by atoms with van der Waals surface area (Å²) < 4.78 is 7.12. The van der Waals surface area contributed by atoms with Crippen molar-refractivity contribution >= 4 is 11.6 Å². The molecule has 0 aliphatic heterocycles. The second-order valence-electron chi connectivity index (χ2n) is 4.20. The highest BCUT2D eigenvalue weighted by Crippen LogP contribution is 2.23. The van der Waals surface area contributed by atoms with E-state index in [4.69, 9.17) is 4.74 Å². The minimum atomic E-state index is -0.215. The van der Waals surface area contributed by atoms with Gasteiger partial charge < -0.3 is 9.14 Å². The highest BCUT2D eigenvalue weighted by atomic mass is 16.5. The Morgan fingerprint density at radius 3 is 3.00 bits per heavy atom. The number of rotatable bonds is 5. The normalized spacial score (nSPS) is 12.6. The van der Waals surface area contributed by atoms with Gasteiger partial charge in [-0.05, 0) is 25.5 Å². The van der Waals surface area contributed by atoms with Gasteiger partial charge in [0.05, 0.1) is 12.5 Å². The first kappa shape index (κ1) is 12.6. The van der Waals surface area contributed by atoms with Crippen molar-refractivity contribution in [3.05, 3.63) is 36.3 Å². The van der Waals surface area contributed by atoms with Gasteiger partial charge in [0, 0.05) is 18.1 Å². The molecule has 1 unspecified atom stereocenters. The Labute approximate surface area is 107 Å². The van der Waals surface area contributed by atoms with E-state index in [1.807, 2.05) is 35.7 Å². The molecule has 1 atom stereocenters. The predicted molar refractivity (Wildman–Crippen MR) is 69.5 cm³/mol. The maximum absolute atomic E-state index is 12.0. The van der Waals surface area contributed by atoms with Crippen LogP contribution in [0.4, 0.5) is 0 Å². The average Bonchev–Trinajstić information content (AvgIpc) is 2.84. The number of hydrogen-bond acceptors (Lipinski definition) is 3. The van der Waals surface area contributed by atoms with Gasteiger partial charge in [0.25, 0.3) is 0 Å². The summed E-state index contributed by atoms with van der Waals surface area (Å²) in [7, 11) is 0. The first-order valence-corrected chi connectivity index (χ1v) is 6.36. The van der Waals surface area contributed by atoms with Crippen molar-refractivity contribution in [3.8, 4) is 0 Å². The van der Waals surface area contributed by atoms with Crippen LogP contribution in [0.3, 0.4) is 0 Å². The Morgan fingerprint density at radius 2 is 2.28 bits per heavy atom. The van der Waals surface area contributed by atoms with Gasteiger partial charge in [-0.1, -0.05) is 19.4 Å². The lowest BCUT2D eigenvalue weighted by Gasteiger charge is -2.16. The molecule has 0 radical (unpaired) electrons. The molecule has 2 aromatic rings. The molecule has 4 nitrogen and oxygen atoms in total. The van der Waals surface area contributed by atoms with E-state index in [1.54, 1.807) is 6.20 Å². The van der Waals surface area contributed by atoms with Crippen LogP contribution in [-0.4, -0.2) is 22.0 Å². The molecule has 0 N–H and O–H groups in total. The Balaban J connectivity index is 2.41. The number of nitrogens with zero attached hydrogens (tertiary/aromatic N) is 2. The molecule has 4 heteroatoms. The minimum absolute atomic E-state index is 0.152. The molecule has 0 fully saturated rings. The summed E-state index contributed by atoms with van der Waals surface area (Å²) in [6, 6.07) is 5.82. The van der Waals surface area contributed by atoms with E-state index in [0.29, 0.717) is 6.61 Å². The van der Waals surface area contributed by atoms with E-state index in [1.165, 1.54) is 0 Å². The summed E-state index contributed by atoms with van der Waals surface area (Å²) in [5.74, 6) is -0.367. The van der Waals surface area contributed by atoms with Crippen LogP contribution in [0.15, 0.2) is 30.6 Å². The predicted octanol–water partition coefficient (Wildman–Crippen LogP) is 2.78. The third kappa shape index (κ3) is 2.37. The van der Waals surface area contributed by atoms with Gasteiger partial charge in [0.2, 0.25) is 0 Å². The number of carbonyl (C=O) groups excluding carboxylic acids is 1. The molecule has 0 bridgehead atoms. The largest absolute Gasteiger partial charge is 0.465 e. The number of aromatic nitrogens is 2. The van der Waals surface area contributed by atoms with Crippen LogP contribution in [0.25, 0.3) is 5.65 Å². The minimum Gasteiger partial charge on any atom is -0.465 e. The lowest BCUT2D eigenvalue weighted by atomic mass is 9.99. The molecule has 0 aromatic carbocycles. The summed E-state index contributed by atoms with van der Waals surface area (Å²) in [4.78, 5) is 16.3. The standard InChI is InChI=1S/C14H18N2O2/c1-3-6-11(14(17)18-4-2)12-7-5-8-13-15-9-10-16(12)13/h5,7-11H,3-4,6H2,1-2H3. The maximum Gasteiger partial charge on any atom is 0.314 e. The summed E-state index contributed by atoms with van der Waals surface area (Å²) in [6.07, 6.45) is 5.35. The molecule has 0 saturated heterocycles. The highest BCUT2D eigenvalue weighted by Gasteiger charge is 2.23. The van der Waals surface area contributed by atoms with Crippen LogP contribution in [0, 0.1) is 0 Å². The zero-order valence-corrected chi connectivity index (χ0v) is 10.8. The summed E-state index contributed by atoms with van der Waals surface area (Å²) in [5, 5.41) is 0. The average molecular weight is 246 g/mol. The highest BCUT2D eigenvalue weighted by molar-refractivity contribution is 5.77. The maximum atomic E-state index is 12.0. The topological polar surface area (TPSA) is 43.6 Å². The molecular formula is C14H18N2O2. The molecule has 96 valence electrons. The van der Waals surface area contributed by atoms with Crippen LogP contribution < -0.4 is 0 Å². The van der Waals surface area contributed by atoms with Crippen molar-refractivity contribution < 1.29 is 9.53 Å². The molecule has 0 saturated carbocycles. The molecule has 0 spiro atoms. The summed E-state index contributed by atoms with van der Waals surface area (Å²) in [5.41, 5.74) is 1.81. The SMILES string of the molecule is CCCC(C(=O)OCC)c1cccc2nccn12. The smallest absolute Gasteiger partial charge is 0.314 e. The fraction of sp³-hybridized carbons (Fsp3) is 0.429. The number of pyridine rings is 1. The molecule has 0 amide bonds. The van der Waals surface area contributed by atoms with Crippen molar-refractivity contribution in [3.63, 3.8) is 0 Å². The van der Waals surface area contributed by atoms with Crippen molar-refractivity contribution in [1.82, 2.24) is 9.38 Å². The van der Waals surface area contributed by atoms with Crippen LogP contribution in [0.1, 0.15) is 38.3 Å². The quantitative estimate of drug-likeness (QED) is 0.762. The molecule has 2 heterocycles. The van der Waals surface area contributed by atoms with E-state index in [9.17, 15) is 4.79 Å². The van der Waals surface area contributed by atoms with Crippen molar-refractivity contribution in [2.75, 3.05) is 6.61 Å². The van der Waals surface area contributed by atoms with Crippen LogP contribution >= 0.6 is 0 Å². The first-order valence-electron chi connectivity index (χ1n) is 6.36. The van der Waals surface area contributed by atoms with Crippen LogP contribution in [-0.2, 0) is 9.53 Å². The van der Waals surface area contributed by atoms with Crippen molar-refractivity contribution in [1.29, 1.82) is 0 Å². The second kappa shape index (κ2) is 5.67. The number of ether oxygens (including phenoxy) is 1. The van der Waals surface area contributed by atoms with E-state index in [-0.39, 0.29) is 11.9 Å². The van der Waals surface area contributed by atoms with E-state index < -0.39 is 0 Å². The molecule has 0 aliphatic rings. The number of carbonyl (C=O) groups is 1. The van der Waals surface area contributed by atoms with Gasteiger partial charge in [-0.3, -0.25) is 4.79 Å². The third-order valence-corrected chi connectivity index (χ3v) is 2.97. The fourth-order valence-electron chi connectivity index (χ4n) is 2.17. The lowest BCUT2D eigenvalue weighted by molar-refractivity contribution is -0.145. The number of fused-ring (bicyclic) bond motifs is 1. The molecule has 2 aromatic heterocycles. The molecular weight excluding hydrogens is 228 g/mol. The van der Waals surface area contributed by atoms with Crippen LogP contribution in [0.5, 0.6) is 0 Å². The van der Waals surface area contributed by atoms with Crippen molar-refractivity contribution in [2.45, 2.75) is 32.6 Å². The summed E-state index contributed by atoms with van der Waals surface area (Å²) in [6.45, 7) is 4.32. The van der Waals surface area contributed by atoms with Gasteiger partial charge >= 0.3 is 5.97 Å². The lowest BCUT2D eigenvalue weighted by Crippen LogP contribution is -2.18. The van der Waals surface area contributed by atoms with Crippen molar-refractivity contribution in [2.24, 2.45) is 0 Å². The number of imidazole rings is 1. The zero-order valence-electron chi connectivity index (χ0n) is 10.8. The molecule has 2 rings (SSSR count). The van der Waals surface area contributed by atoms with Gasteiger partial charge in [0.1, 0.15) is 5.65 Å². The number of hydrogen-bond donors (Lipinski definition) is 0. The Bertz CT molecular complexity index is 533.